The summed E-state index contributed by atoms with van der Waals surface area (Å²) in [7, 11) is 0. The first kappa shape index (κ1) is 9.93. The van der Waals surface area contributed by atoms with Crippen LogP contribution in [0.15, 0.2) is 42.1 Å². The molecule has 0 atom stereocenters. The summed E-state index contributed by atoms with van der Waals surface area (Å²) < 4.78 is 0. The average Bonchev–Trinajstić information content (AvgIpc) is 2.80. The molecular weight excluding hydrogens is 192 g/mol. The zero-order valence-electron chi connectivity index (χ0n) is 9.71. The summed E-state index contributed by atoms with van der Waals surface area (Å²) in [6.07, 6.45) is 10.5. The number of allylic oxidation sites excluding steroid dienone is 1. The molecule has 0 N–H and O–H groups in total. The molecule has 0 heterocycles. The predicted octanol–water partition coefficient (Wildman–Crippen LogP) is 4.58. The topological polar surface area (TPSA) is 0 Å². The van der Waals surface area contributed by atoms with Crippen molar-refractivity contribution in [1.29, 1.82) is 0 Å². The largest absolute Gasteiger partial charge is 0.120 e. The van der Waals surface area contributed by atoms with Gasteiger partial charge < -0.3 is 0 Å². The molecule has 1 saturated carbocycles. The lowest BCUT2D eigenvalue weighted by Gasteiger charge is -2.27. The van der Waals surface area contributed by atoms with Crippen LogP contribution >= 0.6 is 0 Å². The van der Waals surface area contributed by atoms with Crippen LogP contribution in [0.3, 0.4) is 0 Å². The molecular formula is C16H18. The summed E-state index contributed by atoms with van der Waals surface area (Å²) >= 11 is 0. The van der Waals surface area contributed by atoms with Crippen LogP contribution in [-0.2, 0) is 0 Å². The van der Waals surface area contributed by atoms with E-state index in [0.717, 1.165) is 0 Å². The Morgan fingerprint density at radius 1 is 0.938 bits per heavy atom. The highest BCUT2D eigenvalue weighted by atomic mass is 14.4. The normalized spacial score (nSPS) is 22.4. The number of hydrogen-bond donors (Lipinski definition) is 0. The molecule has 0 bridgehead atoms. The van der Waals surface area contributed by atoms with Gasteiger partial charge in [0.2, 0.25) is 0 Å². The lowest BCUT2D eigenvalue weighted by molar-refractivity contribution is 0.364. The molecule has 0 aliphatic heterocycles. The number of hydrogen-bond acceptors (Lipinski definition) is 0. The van der Waals surface area contributed by atoms with Crippen molar-refractivity contribution in [2.75, 3.05) is 0 Å². The average molecular weight is 210 g/mol. The predicted molar refractivity (Wildman–Crippen MR) is 68.1 cm³/mol. The van der Waals surface area contributed by atoms with Crippen LogP contribution < -0.4 is 0 Å². The Kier molecular flexibility index (Phi) is 2.46. The van der Waals surface area contributed by atoms with Crippen molar-refractivity contribution in [3.8, 4) is 0 Å². The van der Waals surface area contributed by atoms with Gasteiger partial charge in [-0.15, -0.1) is 5.73 Å². The van der Waals surface area contributed by atoms with Crippen LogP contribution in [0.4, 0.5) is 0 Å². The Morgan fingerprint density at radius 2 is 1.69 bits per heavy atom. The summed E-state index contributed by atoms with van der Waals surface area (Å²) in [5.74, 6) is 0. The van der Waals surface area contributed by atoms with Gasteiger partial charge in [0.1, 0.15) is 0 Å². The van der Waals surface area contributed by atoms with Gasteiger partial charge in [0.15, 0.2) is 0 Å². The maximum atomic E-state index is 3.56. The highest BCUT2D eigenvalue weighted by molar-refractivity contribution is 5.65. The number of benzene rings is 1. The molecule has 2 aliphatic carbocycles. The molecule has 3 rings (SSSR count). The summed E-state index contributed by atoms with van der Waals surface area (Å²) in [5.41, 5.74) is 6.84. The molecule has 2 aliphatic rings. The Morgan fingerprint density at radius 3 is 2.31 bits per heavy atom. The first-order valence-corrected chi connectivity index (χ1v) is 6.40. The van der Waals surface area contributed by atoms with Crippen molar-refractivity contribution >= 4 is 5.57 Å². The van der Waals surface area contributed by atoms with Crippen LogP contribution in [0.25, 0.3) is 5.57 Å². The van der Waals surface area contributed by atoms with Crippen molar-refractivity contribution in [3.63, 3.8) is 0 Å². The van der Waals surface area contributed by atoms with Crippen molar-refractivity contribution in [2.45, 2.75) is 38.5 Å². The summed E-state index contributed by atoms with van der Waals surface area (Å²) in [4.78, 5) is 0. The molecule has 0 aromatic heterocycles. The first-order valence-electron chi connectivity index (χ1n) is 6.40. The van der Waals surface area contributed by atoms with Gasteiger partial charge >= 0.3 is 0 Å². The zero-order chi connectivity index (χ0) is 10.8. The Hall–Kier alpha value is -1.26. The molecule has 0 heteroatoms. The van der Waals surface area contributed by atoms with Gasteiger partial charge in [0.25, 0.3) is 0 Å². The third kappa shape index (κ3) is 1.74. The van der Waals surface area contributed by atoms with Gasteiger partial charge in [-0.1, -0.05) is 43.2 Å². The van der Waals surface area contributed by atoms with E-state index in [1.165, 1.54) is 49.7 Å². The standard InChI is InChI=1S/C16H18/c1-2-6-14(7-3-1)15-8-12-16(13-9-15)10-4-5-11-16/h1-3,6-7,13H,4-5,8,10-12H2. The van der Waals surface area contributed by atoms with E-state index in [4.69, 9.17) is 0 Å². The SMILES string of the molecule is C1=CC2(CCCC2)CCC=1c1ccccc1. The highest BCUT2D eigenvalue weighted by Gasteiger charge is 2.32. The van der Waals surface area contributed by atoms with E-state index in [1.807, 2.05) is 0 Å². The van der Waals surface area contributed by atoms with Gasteiger partial charge in [0.05, 0.1) is 0 Å². The van der Waals surface area contributed by atoms with E-state index in [9.17, 15) is 0 Å². The Bertz CT molecular complexity index is 426. The lowest BCUT2D eigenvalue weighted by Crippen LogP contribution is -2.14. The van der Waals surface area contributed by atoms with Crippen LogP contribution in [0, 0.1) is 5.41 Å². The molecule has 1 fully saturated rings. The first-order chi connectivity index (χ1) is 7.88. The lowest BCUT2D eigenvalue weighted by atomic mass is 9.77. The van der Waals surface area contributed by atoms with E-state index >= 15 is 0 Å². The fraction of sp³-hybridized carbons (Fsp3) is 0.438. The maximum Gasteiger partial charge on any atom is 0.000921 e. The summed E-state index contributed by atoms with van der Waals surface area (Å²) in [6, 6.07) is 10.7. The molecule has 16 heavy (non-hydrogen) atoms. The van der Waals surface area contributed by atoms with Crippen molar-refractivity contribution < 1.29 is 0 Å². The van der Waals surface area contributed by atoms with Crippen molar-refractivity contribution in [1.82, 2.24) is 0 Å². The van der Waals surface area contributed by atoms with E-state index < -0.39 is 0 Å². The van der Waals surface area contributed by atoms with Crippen LogP contribution in [0.2, 0.25) is 0 Å². The minimum absolute atomic E-state index is 0.526. The van der Waals surface area contributed by atoms with Crippen molar-refractivity contribution in [3.05, 3.63) is 47.7 Å². The Balaban J connectivity index is 1.92. The summed E-state index contributed by atoms with van der Waals surface area (Å²) in [5, 5.41) is 0. The fourth-order valence-corrected chi connectivity index (χ4v) is 3.10. The third-order valence-electron chi connectivity index (χ3n) is 4.15. The smallest absolute Gasteiger partial charge is 0.000921 e. The minimum Gasteiger partial charge on any atom is -0.120 e. The van der Waals surface area contributed by atoms with Gasteiger partial charge in [-0.3, -0.25) is 0 Å². The van der Waals surface area contributed by atoms with Crippen molar-refractivity contribution in [2.24, 2.45) is 5.41 Å². The zero-order valence-corrected chi connectivity index (χ0v) is 9.71. The molecule has 0 radical (unpaired) electrons. The second-order valence-electron chi connectivity index (χ2n) is 5.20. The fourth-order valence-electron chi connectivity index (χ4n) is 3.10. The van der Waals surface area contributed by atoms with Crippen LogP contribution in [0.1, 0.15) is 44.1 Å². The second kappa shape index (κ2) is 3.96. The molecule has 0 nitrogen and oxygen atoms in total. The molecule has 1 aromatic carbocycles. The van der Waals surface area contributed by atoms with Gasteiger partial charge in [-0.05, 0) is 42.7 Å². The van der Waals surface area contributed by atoms with Gasteiger partial charge in [0, 0.05) is 5.57 Å². The maximum absolute atomic E-state index is 3.56. The van der Waals surface area contributed by atoms with Crippen LogP contribution in [-0.4, -0.2) is 0 Å². The third-order valence-corrected chi connectivity index (χ3v) is 4.15. The van der Waals surface area contributed by atoms with E-state index in [0.29, 0.717) is 5.41 Å². The quantitative estimate of drug-likeness (QED) is 0.595. The molecule has 0 unspecified atom stereocenters. The minimum atomic E-state index is 0.526. The van der Waals surface area contributed by atoms with Gasteiger partial charge in [-0.25, -0.2) is 0 Å². The summed E-state index contributed by atoms with van der Waals surface area (Å²) in [6.45, 7) is 0. The highest BCUT2D eigenvalue weighted by Crippen LogP contribution is 2.46. The van der Waals surface area contributed by atoms with E-state index in [1.54, 1.807) is 0 Å². The molecule has 1 spiro atoms. The molecule has 0 amide bonds. The Labute approximate surface area is 97.7 Å². The van der Waals surface area contributed by atoms with E-state index in [2.05, 4.69) is 42.1 Å². The molecule has 0 saturated heterocycles. The second-order valence-corrected chi connectivity index (χ2v) is 5.20. The van der Waals surface area contributed by atoms with E-state index in [-0.39, 0.29) is 0 Å². The number of rotatable bonds is 1. The molecule has 1 aromatic rings. The molecule has 82 valence electrons. The van der Waals surface area contributed by atoms with Crippen LogP contribution in [0.5, 0.6) is 0 Å². The van der Waals surface area contributed by atoms with Gasteiger partial charge in [-0.2, -0.15) is 0 Å². The monoisotopic (exact) mass is 210 g/mol.